The number of carbonyl (C=O) groups excluding carboxylic acids is 1. The van der Waals surface area contributed by atoms with Crippen LogP contribution in [0.1, 0.15) is 37.7 Å². The van der Waals surface area contributed by atoms with Gasteiger partial charge in [0, 0.05) is 25.0 Å². The second-order valence-corrected chi connectivity index (χ2v) is 10.8. The van der Waals surface area contributed by atoms with Gasteiger partial charge in [-0.15, -0.1) is 0 Å². The van der Waals surface area contributed by atoms with Gasteiger partial charge < -0.3 is 4.90 Å². The molecule has 0 spiro atoms. The molecule has 32 heavy (non-hydrogen) atoms. The first kappa shape index (κ1) is 22.9. The molecule has 2 aromatic rings. The first-order chi connectivity index (χ1) is 15.2. The van der Waals surface area contributed by atoms with Crippen LogP contribution < -0.4 is 4.72 Å². The lowest BCUT2D eigenvalue weighted by atomic mass is 9.95. The average molecular weight is 463 g/mol. The molecule has 1 aliphatic heterocycles. The van der Waals surface area contributed by atoms with Crippen LogP contribution in [0, 0.1) is 23.5 Å². The van der Waals surface area contributed by atoms with Crippen LogP contribution in [-0.2, 0) is 14.8 Å². The molecule has 5 nitrogen and oxygen atoms in total. The zero-order chi connectivity index (χ0) is 23.0. The number of hydrogen-bond donors (Lipinski definition) is 1. The van der Waals surface area contributed by atoms with Crippen LogP contribution in [0.4, 0.5) is 8.78 Å². The maximum atomic E-state index is 14.4. The maximum Gasteiger partial charge on any atom is 0.226 e. The molecule has 0 unspecified atom stereocenters. The summed E-state index contributed by atoms with van der Waals surface area (Å²) in [7, 11) is -3.31. The number of likely N-dealkylation sites (tertiary alicyclic amines) is 1. The van der Waals surface area contributed by atoms with Crippen LogP contribution in [0.15, 0.2) is 42.5 Å². The molecular weight excluding hydrogens is 434 g/mol. The fraction of sp³-hybridized carbons (Fsp3) is 0.458. The lowest BCUT2D eigenvalue weighted by molar-refractivity contribution is -0.133. The molecule has 0 radical (unpaired) electrons. The zero-order valence-corrected chi connectivity index (χ0v) is 19.0. The van der Waals surface area contributed by atoms with Crippen molar-refractivity contribution in [3.05, 3.63) is 59.7 Å². The van der Waals surface area contributed by atoms with Crippen molar-refractivity contribution in [1.29, 1.82) is 0 Å². The van der Waals surface area contributed by atoms with Gasteiger partial charge in [-0.25, -0.2) is 21.9 Å². The van der Waals surface area contributed by atoms with Gasteiger partial charge in [-0.1, -0.05) is 37.3 Å². The molecule has 0 aromatic heterocycles. The van der Waals surface area contributed by atoms with E-state index in [-0.39, 0.29) is 35.3 Å². The molecule has 172 valence electrons. The highest BCUT2D eigenvalue weighted by atomic mass is 32.2. The van der Waals surface area contributed by atoms with Crippen molar-refractivity contribution in [2.45, 2.75) is 38.1 Å². The highest BCUT2D eigenvalue weighted by Gasteiger charge is 2.47. The van der Waals surface area contributed by atoms with Gasteiger partial charge in [0.25, 0.3) is 0 Å². The highest BCUT2D eigenvalue weighted by molar-refractivity contribution is 7.88. The Balaban J connectivity index is 1.51. The third kappa shape index (κ3) is 4.86. The topological polar surface area (TPSA) is 66.5 Å². The minimum absolute atomic E-state index is 0.00632. The van der Waals surface area contributed by atoms with Crippen molar-refractivity contribution in [2.75, 3.05) is 19.3 Å². The van der Waals surface area contributed by atoms with Gasteiger partial charge in [-0.2, -0.15) is 0 Å². The van der Waals surface area contributed by atoms with Crippen LogP contribution in [0.5, 0.6) is 0 Å². The number of carbonyl (C=O) groups is 1. The molecule has 1 aliphatic carbocycles. The molecule has 1 saturated heterocycles. The summed E-state index contributed by atoms with van der Waals surface area (Å²) in [5, 5.41) is 0. The molecule has 1 heterocycles. The molecule has 1 amide bonds. The van der Waals surface area contributed by atoms with Crippen molar-refractivity contribution < 1.29 is 22.0 Å². The highest BCUT2D eigenvalue weighted by Crippen LogP contribution is 2.51. The average Bonchev–Trinajstić information content (AvgIpc) is 3.53. The van der Waals surface area contributed by atoms with E-state index < -0.39 is 21.7 Å². The number of amides is 1. The van der Waals surface area contributed by atoms with Crippen molar-refractivity contribution >= 4 is 15.9 Å². The van der Waals surface area contributed by atoms with Gasteiger partial charge >= 0.3 is 0 Å². The number of nitrogens with zero attached hydrogens (tertiary/aromatic N) is 1. The number of hydrogen-bond acceptors (Lipinski definition) is 3. The quantitative estimate of drug-likeness (QED) is 0.733. The molecule has 4 atom stereocenters. The number of halogens is 2. The second-order valence-electron chi connectivity index (χ2n) is 9.03. The molecule has 4 rings (SSSR count). The summed E-state index contributed by atoms with van der Waals surface area (Å²) in [6, 6.07) is 10.7. The Morgan fingerprint density at radius 3 is 2.47 bits per heavy atom. The van der Waals surface area contributed by atoms with E-state index in [1.54, 1.807) is 12.1 Å². The zero-order valence-electron chi connectivity index (χ0n) is 18.2. The normalized spacial score (nSPS) is 25.9. The van der Waals surface area contributed by atoms with Crippen molar-refractivity contribution in [1.82, 2.24) is 9.62 Å². The predicted octanol–water partition coefficient (Wildman–Crippen LogP) is 3.91. The van der Waals surface area contributed by atoms with Gasteiger partial charge in [-0.3, -0.25) is 4.79 Å². The SMILES string of the molecule is C[C@H]1CN(C(=O)[C@@H]2C[C@H]2c2ccccc2-c2c(F)cccc2F)CCC[C@H]1NS(C)(=O)=O. The summed E-state index contributed by atoms with van der Waals surface area (Å²) in [4.78, 5) is 15.1. The van der Waals surface area contributed by atoms with Crippen LogP contribution in [0.25, 0.3) is 11.1 Å². The number of benzene rings is 2. The second kappa shape index (κ2) is 8.90. The Labute approximate surface area is 187 Å². The molecule has 2 aliphatic rings. The Morgan fingerprint density at radius 2 is 1.78 bits per heavy atom. The fourth-order valence-electron chi connectivity index (χ4n) is 4.85. The monoisotopic (exact) mass is 462 g/mol. The van der Waals surface area contributed by atoms with Crippen LogP contribution in [0.2, 0.25) is 0 Å². The van der Waals surface area contributed by atoms with Gasteiger partial charge in [0.2, 0.25) is 15.9 Å². The maximum absolute atomic E-state index is 14.4. The van der Waals surface area contributed by atoms with Crippen LogP contribution in [-0.4, -0.2) is 44.6 Å². The number of sulfonamides is 1. The Bertz CT molecular complexity index is 1100. The molecule has 2 aromatic carbocycles. The van der Waals surface area contributed by atoms with Crippen molar-refractivity contribution in [3.63, 3.8) is 0 Å². The van der Waals surface area contributed by atoms with Gasteiger partial charge in [0.1, 0.15) is 11.6 Å². The van der Waals surface area contributed by atoms with E-state index in [0.717, 1.165) is 18.2 Å². The minimum atomic E-state index is -3.31. The Morgan fingerprint density at radius 1 is 1.09 bits per heavy atom. The molecule has 1 saturated carbocycles. The number of nitrogens with one attached hydrogen (secondary N) is 1. The molecule has 1 N–H and O–H groups in total. The third-order valence-electron chi connectivity index (χ3n) is 6.52. The molecular formula is C24H28F2N2O3S. The largest absolute Gasteiger partial charge is 0.342 e. The third-order valence-corrected chi connectivity index (χ3v) is 7.25. The van der Waals surface area contributed by atoms with E-state index in [4.69, 9.17) is 0 Å². The van der Waals surface area contributed by atoms with E-state index in [9.17, 15) is 22.0 Å². The standard InChI is InChI=1S/C24H28F2N2O3S/c1-15-14-28(12-6-11-22(15)27-32(2,30)31)24(29)19-13-18(19)16-7-3-4-8-17(16)23-20(25)9-5-10-21(23)26/h3-5,7-10,15,18-19,22,27H,6,11-14H2,1-2H3/t15-,18-,19+,22+/m0/s1. The summed E-state index contributed by atoms with van der Waals surface area (Å²) >= 11 is 0. The summed E-state index contributed by atoms with van der Waals surface area (Å²) in [6.07, 6.45) is 3.19. The first-order valence-electron chi connectivity index (χ1n) is 10.9. The lowest BCUT2D eigenvalue weighted by Gasteiger charge is -2.26. The Kier molecular flexibility index (Phi) is 6.36. The van der Waals surface area contributed by atoms with E-state index in [1.165, 1.54) is 18.2 Å². The fourth-order valence-corrected chi connectivity index (χ4v) is 5.75. The van der Waals surface area contributed by atoms with E-state index >= 15 is 0 Å². The molecule has 8 heteroatoms. The molecule has 0 bridgehead atoms. The minimum Gasteiger partial charge on any atom is -0.342 e. The summed E-state index contributed by atoms with van der Waals surface area (Å²) in [5.74, 6) is -1.52. The first-order valence-corrected chi connectivity index (χ1v) is 12.8. The summed E-state index contributed by atoms with van der Waals surface area (Å²) in [6.45, 7) is 3.02. The van der Waals surface area contributed by atoms with Crippen molar-refractivity contribution in [2.24, 2.45) is 11.8 Å². The summed E-state index contributed by atoms with van der Waals surface area (Å²) in [5.41, 5.74) is 1.22. The lowest BCUT2D eigenvalue weighted by Crippen LogP contribution is -2.42. The summed E-state index contributed by atoms with van der Waals surface area (Å²) < 4.78 is 54.8. The van der Waals surface area contributed by atoms with Gasteiger partial charge in [0.05, 0.1) is 11.8 Å². The van der Waals surface area contributed by atoms with E-state index in [2.05, 4.69) is 4.72 Å². The van der Waals surface area contributed by atoms with Gasteiger partial charge in [-0.05, 0) is 54.4 Å². The number of rotatable bonds is 5. The smallest absolute Gasteiger partial charge is 0.226 e. The Hall–Kier alpha value is -2.32. The van der Waals surface area contributed by atoms with E-state index in [0.29, 0.717) is 31.5 Å². The predicted molar refractivity (Wildman–Crippen MR) is 119 cm³/mol. The van der Waals surface area contributed by atoms with E-state index in [1.807, 2.05) is 24.0 Å². The van der Waals surface area contributed by atoms with Gasteiger partial charge in [0.15, 0.2) is 0 Å². The van der Waals surface area contributed by atoms with Crippen molar-refractivity contribution in [3.8, 4) is 11.1 Å². The van der Waals surface area contributed by atoms with Crippen LogP contribution in [0.3, 0.4) is 0 Å². The molecule has 2 fully saturated rings. The van der Waals surface area contributed by atoms with Crippen LogP contribution >= 0.6 is 0 Å².